The summed E-state index contributed by atoms with van der Waals surface area (Å²) in [7, 11) is 0. The first kappa shape index (κ1) is 31.5. The zero-order valence-electron chi connectivity index (χ0n) is 24.4. The van der Waals surface area contributed by atoms with Crippen LogP contribution < -0.4 is 4.74 Å². The zero-order chi connectivity index (χ0) is 26.1. The maximum Gasteiger partial charge on any atom is 0.127 e. The summed E-state index contributed by atoms with van der Waals surface area (Å²) in [5, 5.41) is 0. The quantitative estimate of drug-likeness (QED) is 0.122. The van der Waals surface area contributed by atoms with Crippen LogP contribution in [0.15, 0.2) is 54.6 Å². The van der Waals surface area contributed by atoms with Gasteiger partial charge in [-0.15, -0.1) is 0 Å². The van der Waals surface area contributed by atoms with E-state index in [2.05, 4.69) is 31.2 Å². The lowest BCUT2D eigenvalue weighted by Crippen LogP contribution is -1.88. The SMILES string of the molecule is CCCCCCCCCCCCCCCCCCCCCCCCc1ccc(Oc2ccccc2)cc1. The van der Waals surface area contributed by atoms with E-state index in [9.17, 15) is 0 Å². The molecule has 0 amide bonds. The van der Waals surface area contributed by atoms with Gasteiger partial charge < -0.3 is 4.74 Å². The number of hydrogen-bond donors (Lipinski definition) is 0. The third kappa shape index (κ3) is 18.2. The van der Waals surface area contributed by atoms with Gasteiger partial charge in [0.05, 0.1) is 0 Å². The highest BCUT2D eigenvalue weighted by Crippen LogP contribution is 2.22. The summed E-state index contributed by atoms with van der Waals surface area (Å²) in [5.74, 6) is 1.82. The number of hydrogen-bond acceptors (Lipinski definition) is 1. The number of rotatable bonds is 25. The largest absolute Gasteiger partial charge is 0.457 e. The first-order valence-corrected chi connectivity index (χ1v) is 16.2. The molecule has 0 saturated carbocycles. The van der Waals surface area contributed by atoms with Gasteiger partial charge in [-0.2, -0.15) is 0 Å². The lowest BCUT2D eigenvalue weighted by molar-refractivity contribution is 0.482. The fourth-order valence-electron chi connectivity index (χ4n) is 5.29. The Morgan fingerprint density at radius 1 is 0.378 bits per heavy atom. The van der Waals surface area contributed by atoms with Crippen LogP contribution in [-0.4, -0.2) is 0 Å². The zero-order valence-corrected chi connectivity index (χ0v) is 24.4. The lowest BCUT2D eigenvalue weighted by atomic mass is 10.0. The van der Waals surface area contributed by atoms with Gasteiger partial charge >= 0.3 is 0 Å². The Morgan fingerprint density at radius 3 is 1.14 bits per heavy atom. The summed E-state index contributed by atoms with van der Waals surface area (Å²) in [5.41, 5.74) is 1.42. The Hall–Kier alpha value is -1.76. The monoisotopic (exact) mass is 506 g/mol. The van der Waals surface area contributed by atoms with Crippen LogP contribution in [0.1, 0.15) is 154 Å². The second-order valence-electron chi connectivity index (χ2n) is 11.2. The lowest BCUT2D eigenvalue weighted by Gasteiger charge is -2.07. The third-order valence-corrected chi connectivity index (χ3v) is 7.72. The summed E-state index contributed by atoms with van der Waals surface area (Å²) < 4.78 is 5.89. The van der Waals surface area contributed by atoms with Crippen molar-refractivity contribution in [2.24, 2.45) is 0 Å². The first-order valence-electron chi connectivity index (χ1n) is 16.2. The molecule has 0 unspecified atom stereocenters. The molecule has 0 aliphatic carbocycles. The normalized spacial score (nSPS) is 11.2. The summed E-state index contributed by atoms with van der Waals surface area (Å²) in [6.07, 6.45) is 32.9. The number of unbranched alkanes of at least 4 members (excludes halogenated alkanes) is 21. The molecule has 0 radical (unpaired) electrons. The number of para-hydroxylation sites is 1. The molecule has 2 rings (SSSR count). The molecule has 0 bridgehead atoms. The fraction of sp³-hybridized carbons (Fsp3) is 0.667. The Bertz CT molecular complexity index is 720. The minimum absolute atomic E-state index is 0.898. The number of benzene rings is 2. The Balaban J connectivity index is 1.27. The van der Waals surface area contributed by atoms with Gasteiger partial charge in [0.1, 0.15) is 11.5 Å². The van der Waals surface area contributed by atoms with E-state index >= 15 is 0 Å². The van der Waals surface area contributed by atoms with Crippen molar-refractivity contribution in [3.63, 3.8) is 0 Å². The Morgan fingerprint density at radius 2 is 0.730 bits per heavy atom. The van der Waals surface area contributed by atoms with Gasteiger partial charge in [-0.25, -0.2) is 0 Å². The molecule has 2 aromatic rings. The van der Waals surface area contributed by atoms with Gasteiger partial charge in [0, 0.05) is 0 Å². The summed E-state index contributed by atoms with van der Waals surface area (Å²) >= 11 is 0. The highest BCUT2D eigenvalue weighted by Gasteiger charge is 1.99. The number of aryl methyl sites for hydroxylation is 1. The molecule has 0 N–H and O–H groups in total. The van der Waals surface area contributed by atoms with Crippen molar-refractivity contribution in [3.8, 4) is 11.5 Å². The van der Waals surface area contributed by atoms with Crippen molar-refractivity contribution >= 4 is 0 Å². The average molecular weight is 507 g/mol. The molecule has 0 heterocycles. The predicted molar refractivity (Wildman–Crippen MR) is 164 cm³/mol. The van der Waals surface area contributed by atoms with Crippen LogP contribution in [0.2, 0.25) is 0 Å². The summed E-state index contributed by atoms with van der Waals surface area (Å²) in [6.45, 7) is 2.30. The second-order valence-corrected chi connectivity index (χ2v) is 11.2. The Labute approximate surface area is 230 Å². The average Bonchev–Trinajstić information content (AvgIpc) is 2.93. The van der Waals surface area contributed by atoms with E-state index in [1.807, 2.05) is 30.3 Å². The van der Waals surface area contributed by atoms with E-state index in [1.54, 1.807) is 0 Å². The van der Waals surface area contributed by atoms with Crippen molar-refractivity contribution in [2.45, 2.75) is 155 Å². The van der Waals surface area contributed by atoms with Crippen molar-refractivity contribution in [3.05, 3.63) is 60.2 Å². The molecule has 0 aromatic heterocycles. The topological polar surface area (TPSA) is 9.23 Å². The maximum absolute atomic E-state index is 5.89. The molecule has 208 valence electrons. The van der Waals surface area contributed by atoms with Crippen LogP contribution in [0.25, 0.3) is 0 Å². The predicted octanol–water partition coefficient (Wildman–Crippen LogP) is 12.6. The van der Waals surface area contributed by atoms with Gasteiger partial charge in [-0.05, 0) is 42.7 Å². The molecule has 0 spiro atoms. The van der Waals surface area contributed by atoms with Crippen molar-refractivity contribution < 1.29 is 4.74 Å². The summed E-state index contributed by atoms with van der Waals surface area (Å²) in [4.78, 5) is 0. The molecule has 2 aromatic carbocycles. The molecule has 1 nitrogen and oxygen atoms in total. The van der Waals surface area contributed by atoms with Gasteiger partial charge in [0.25, 0.3) is 0 Å². The molecule has 37 heavy (non-hydrogen) atoms. The van der Waals surface area contributed by atoms with E-state index in [0.717, 1.165) is 11.5 Å². The van der Waals surface area contributed by atoms with Crippen molar-refractivity contribution in [1.29, 1.82) is 0 Å². The van der Waals surface area contributed by atoms with E-state index in [1.165, 1.54) is 153 Å². The standard InChI is InChI=1S/C36H58O/c1-2-3-4-5-6-7-8-9-10-11-12-13-14-15-16-17-18-19-20-21-22-24-27-34-30-32-36(33-31-34)37-35-28-25-23-26-29-35/h23,25-26,28-33H,2-22,24,27H2,1H3. The van der Waals surface area contributed by atoms with E-state index in [4.69, 9.17) is 4.74 Å². The van der Waals surface area contributed by atoms with Gasteiger partial charge in [0.2, 0.25) is 0 Å². The molecule has 0 fully saturated rings. The molecular formula is C36H58O. The van der Waals surface area contributed by atoms with Crippen molar-refractivity contribution in [2.75, 3.05) is 0 Å². The van der Waals surface area contributed by atoms with Crippen LogP contribution >= 0.6 is 0 Å². The van der Waals surface area contributed by atoms with E-state index in [0.29, 0.717) is 0 Å². The maximum atomic E-state index is 5.89. The van der Waals surface area contributed by atoms with Crippen LogP contribution in [0, 0.1) is 0 Å². The smallest absolute Gasteiger partial charge is 0.127 e. The molecule has 0 atom stereocenters. The fourth-order valence-corrected chi connectivity index (χ4v) is 5.29. The minimum Gasteiger partial charge on any atom is -0.457 e. The minimum atomic E-state index is 0.898. The van der Waals surface area contributed by atoms with Gasteiger partial charge in [-0.1, -0.05) is 172 Å². The van der Waals surface area contributed by atoms with Crippen LogP contribution in [0.4, 0.5) is 0 Å². The van der Waals surface area contributed by atoms with E-state index < -0.39 is 0 Å². The van der Waals surface area contributed by atoms with Crippen molar-refractivity contribution in [1.82, 2.24) is 0 Å². The highest BCUT2D eigenvalue weighted by molar-refractivity contribution is 5.32. The number of ether oxygens (including phenoxy) is 1. The highest BCUT2D eigenvalue weighted by atomic mass is 16.5. The third-order valence-electron chi connectivity index (χ3n) is 7.72. The second kappa shape index (κ2) is 23.4. The van der Waals surface area contributed by atoms with Gasteiger partial charge in [-0.3, -0.25) is 0 Å². The molecular weight excluding hydrogens is 448 g/mol. The summed E-state index contributed by atoms with van der Waals surface area (Å²) in [6, 6.07) is 18.6. The van der Waals surface area contributed by atoms with Gasteiger partial charge in [0.15, 0.2) is 0 Å². The molecule has 0 saturated heterocycles. The Kier molecular flexibility index (Phi) is 19.9. The van der Waals surface area contributed by atoms with E-state index in [-0.39, 0.29) is 0 Å². The molecule has 0 aliphatic rings. The van der Waals surface area contributed by atoms with Crippen LogP contribution in [-0.2, 0) is 6.42 Å². The van der Waals surface area contributed by atoms with Crippen LogP contribution in [0.5, 0.6) is 11.5 Å². The molecule has 1 heteroatoms. The van der Waals surface area contributed by atoms with Crippen LogP contribution in [0.3, 0.4) is 0 Å². The first-order chi connectivity index (χ1) is 18.4. The molecule has 0 aliphatic heterocycles.